The van der Waals surface area contributed by atoms with Gasteiger partial charge in [0, 0.05) is 17.1 Å². The van der Waals surface area contributed by atoms with Crippen LogP contribution in [0.2, 0.25) is 5.02 Å². The summed E-state index contributed by atoms with van der Waals surface area (Å²) in [6.07, 6.45) is -4.59. The molecule has 0 aromatic heterocycles. The first-order valence-corrected chi connectivity index (χ1v) is 8.11. The summed E-state index contributed by atoms with van der Waals surface area (Å²) in [6, 6.07) is 10.9. The van der Waals surface area contributed by atoms with Crippen molar-refractivity contribution in [3.63, 3.8) is 0 Å². The number of carbonyl (C=O) groups is 2. The van der Waals surface area contributed by atoms with Crippen molar-refractivity contribution in [2.75, 3.05) is 18.4 Å². The largest absolute Gasteiger partial charge is 0.418 e. The molecule has 2 rings (SSSR count). The van der Waals surface area contributed by atoms with Crippen LogP contribution in [-0.2, 0) is 11.0 Å². The second-order valence-corrected chi connectivity index (χ2v) is 5.86. The number of likely N-dealkylation sites (N-methyl/N-ethyl adjacent to an activating group) is 1. The number of anilines is 1. The Balaban J connectivity index is 2.12. The number of rotatable bonds is 5. The van der Waals surface area contributed by atoms with Crippen molar-refractivity contribution in [1.29, 1.82) is 0 Å². The van der Waals surface area contributed by atoms with Gasteiger partial charge in [-0.05, 0) is 37.3 Å². The molecule has 0 aliphatic heterocycles. The van der Waals surface area contributed by atoms with Crippen LogP contribution in [0, 0.1) is 0 Å². The zero-order valence-electron chi connectivity index (χ0n) is 13.8. The number of nitrogens with zero attached hydrogens (tertiary/aromatic N) is 1. The summed E-state index contributed by atoms with van der Waals surface area (Å²) in [4.78, 5) is 25.8. The normalized spacial score (nSPS) is 11.1. The van der Waals surface area contributed by atoms with E-state index in [4.69, 9.17) is 11.6 Å². The maximum atomic E-state index is 13.0. The van der Waals surface area contributed by atoms with E-state index < -0.39 is 23.6 Å². The van der Waals surface area contributed by atoms with E-state index in [-0.39, 0.29) is 18.8 Å². The van der Waals surface area contributed by atoms with Crippen LogP contribution in [0.25, 0.3) is 0 Å². The van der Waals surface area contributed by atoms with E-state index in [0.717, 1.165) is 12.1 Å². The molecule has 26 heavy (non-hydrogen) atoms. The molecule has 0 bridgehead atoms. The zero-order chi connectivity index (χ0) is 19.3. The minimum Gasteiger partial charge on any atom is -0.330 e. The van der Waals surface area contributed by atoms with Crippen LogP contribution in [0.4, 0.5) is 18.9 Å². The Morgan fingerprint density at radius 1 is 1.12 bits per heavy atom. The molecule has 138 valence electrons. The van der Waals surface area contributed by atoms with Crippen LogP contribution in [0.5, 0.6) is 0 Å². The van der Waals surface area contributed by atoms with E-state index in [1.807, 2.05) is 0 Å². The first kappa shape index (κ1) is 19.8. The van der Waals surface area contributed by atoms with Gasteiger partial charge in [0.2, 0.25) is 5.91 Å². The molecule has 2 aromatic rings. The highest BCUT2D eigenvalue weighted by Crippen LogP contribution is 2.34. The Morgan fingerprint density at radius 2 is 1.81 bits per heavy atom. The zero-order valence-corrected chi connectivity index (χ0v) is 14.6. The van der Waals surface area contributed by atoms with Gasteiger partial charge in [-0.15, -0.1) is 0 Å². The van der Waals surface area contributed by atoms with Crippen LogP contribution < -0.4 is 5.32 Å². The van der Waals surface area contributed by atoms with Gasteiger partial charge in [-0.1, -0.05) is 29.8 Å². The van der Waals surface area contributed by atoms with Crippen molar-refractivity contribution < 1.29 is 22.8 Å². The number of benzene rings is 2. The fraction of sp³-hybridized carbons (Fsp3) is 0.222. The minimum atomic E-state index is -4.59. The molecule has 4 nitrogen and oxygen atoms in total. The van der Waals surface area contributed by atoms with Crippen molar-refractivity contribution in [2.24, 2.45) is 0 Å². The molecule has 0 saturated carbocycles. The third kappa shape index (κ3) is 4.98. The lowest BCUT2D eigenvalue weighted by atomic mass is 10.1. The number of alkyl halides is 3. The first-order valence-electron chi connectivity index (χ1n) is 7.73. The summed E-state index contributed by atoms with van der Waals surface area (Å²) >= 11 is 5.85. The third-order valence-corrected chi connectivity index (χ3v) is 3.82. The molecule has 0 fully saturated rings. The van der Waals surface area contributed by atoms with Crippen molar-refractivity contribution in [2.45, 2.75) is 13.1 Å². The molecule has 0 aliphatic carbocycles. The van der Waals surface area contributed by atoms with Crippen LogP contribution >= 0.6 is 11.6 Å². The van der Waals surface area contributed by atoms with Gasteiger partial charge in [0.15, 0.2) is 0 Å². The monoisotopic (exact) mass is 384 g/mol. The maximum Gasteiger partial charge on any atom is 0.418 e. The Bertz CT molecular complexity index is 809. The van der Waals surface area contributed by atoms with E-state index in [2.05, 4.69) is 5.32 Å². The Kier molecular flexibility index (Phi) is 6.26. The van der Waals surface area contributed by atoms with Gasteiger partial charge in [0.1, 0.15) is 6.54 Å². The van der Waals surface area contributed by atoms with Crippen molar-refractivity contribution in [1.82, 2.24) is 4.90 Å². The summed E-state index contributed by atoms with van der Waals surface area (Å²) < 4.78 is 39.0. The smallest absolute Gasteiger partial charge is 0.330 e. The summed E-state index contributed by atoms with van der Waals surface area (Å²) in [5.41, 5.74) is -1.00. The van der Waals surface area contributed by atoms with E-state index in [0.29, 0.717) is 10.6 Å². The molecule has 0 radical (unpaired) electrons. The van der Waals surface area contributed by atoms with Crippen LogP contribution in [0.3, 0.4) is 0 Å². The Hall–Kier alpha value is -2.54. The number of hydrogen-bond acceptors (Lipinski definition) is 2. The quantitative estimate of drug-likeness (QED) is 0.827. The van der Waals surface area contributed by atoms with E-state index in [1.165, 1.54) is 23.1 Å². The number of nitrogens with one attached hydrogen (secondary N) is 1. The summed E-state index contributed by atoms with van der Waals surface area (Å²) in [5.74, 6) is -1.16. The molecule has 0 unspecified atom stereocenters. The Labute approximate surface area is 153 Å². The first-order chi connectivity index (χ1) is 12.2. The standard InChI is InChI=1S/C18H16ClF3N2O2/c1-2-24(17(26)12-6-5-7-13(19)10-12)11-16(25)23-15-9-4-3-8-14(15)18(20,21)22/h3-10H,2,11H2,1H3,(H,23,25). The minimum absolute atomic E-state index is 0.208. The fourth-order valence-corrected chi connectivity index (χ4v) is 2.52. The van der Waals surface area contributed by atoms with Gasteiger partial charge >= 0.3 is 6.18 Å². The topological polar surface area (TPSA) is 49.4 Å². The second kappa shape index (κ2) is 8.23. The molecule has 8 heteroatoms. The molecule has 2 amide bonds. The molecule has 2 aromatic carbocycles. The highest BCUT2D eigenvalue weighted by atomic mass is 35.5. The molecular weight excluding hydrogens is 369 g/mol. The van der Waals surface area contributed by atoms with Gasteiger partial charge in [-0.3, -0.25) is 9.59 Å². The van der Waals surface area contributed by atoms with Gasteiger partial charge in [-0.2, -0.15) is 13.2 Å². The Morgan fingerprint density at radius 3 is 2.42 bits per heavy atom. The highest BCUT2D eigenvalue weighted by molar-refractivity contribution is 6.31. The molecule has 0 spiro atoms. The lowest BCUT2D eigenvalue weighted by molar-refractivity contribution is -0.137. The van der Waals surface area contributed by atoms with Gasteiger partial charge < -0.3 is 10.2 Å². The van der Waals surface area contributed by atoms with Gasteiger partial charge in [0.05, 0.1) is 11.3 Å². The maximum absolute atomic E-state index is 13.0. The molecule has 0 atom stereocenters. The SMILES string of the molecule is CCN(CC(=O)Nc1ccccc1C(F)(F)F)C(=O)c1cccc(Cl)c1. The van der Waals surface area contributed by atoms with Gasteiger partial charge in [0.25, 0.3) is 5.91 Å². The lowest BCUT2D eigenvalue weighted by Crippen LogP contribution is -2.38. The third-order valence-electron chi connectivity index (χ3n) is 3.58. The number of hydrogen-bond donors (Lipinski definition) is 1. The summed E-state index contributed by atoms with van der Waals surface area (Å²) in [5, 5.41) is 2.59. The molecule has 0 heterocycles. The average molecular weight is 385 g/mol. The fourth-order valence-electron chi connectivity index (χ4n) is 2.33. The van der Waals surface area contributed by atoms with Crippen LogP contribution in [-0.4, -0.2) is 29.8 Å². The van der Waals surface area contributed by atoms with Crippen LogP contribution in [0.1, 0.15) is 22.8 Å². The number of halogens is 4. The molecule has 0 aliphatic rings. The van der Waals surface area contributed by atoms with Crippen LogP contribution in [0.15, 0.2) is 48.5 Å². The lowest BCUT2D eigenvalue weighted by Gasteiger charge is -2.21. The second-order valence-electron chi connectivity index (χ2n) is 5.42. The number of para-hydroxylation sites is 1. The van der Waals surface area contributed by atoms with E-state index >= 15 is 0 Å². The highest BCUT2D eigenvalue weighted by Gasteiger charge is 2.33. The molecule has 1 N–H and O–H groups in total. The van der Waals surface area contributed by atoms with Gasteiger partial charge in [-0.25, -0.2) is 0 Å². The average Bonchev–Trinajstić information content (AvgIpc) is 2.58. The van der Waals surface area contributed by atoms with Crippen molar-refractivity contribution in [3.05, 3.63) is 64.7 Å². The summed E-state index contributed by atoms with van der Waals surface area (Å²) in [7, 11) is 0. The molecule has 0 saturated heterocycles. The molecular formula is C18H16ClF3N2O2. The van der Waals surface area contributed by atoms with E-state index in [1.54, 1.807) is 25.1 Å². The predicted octanol–water partition coefficient (Wildman–Crippen LogP) is 4.46. The van der Waals surface area contributed by atoms with E-state index in [9.17, 15) is 22.8 Å². The number of carbonyl (C=O) groups excluding carboxylic acids is 2. The van der Waals surface area contributed by atoms with Crippen molar-refractivity contribution >= 4 is 29.1 Å². The number of amides is 2. The van der Waals surface area contributed by atoms with Crippen molar-refractivity contribution in [3.8, 4) is 0 Å². The predicted molar refractivity (Wildman–Crippen MR) is 93.1 cm³/mol. The summed E-state index contributed by atoms with van der Waals surface area (Å²) in [6.45, 7) is 1.49.